The lowest BCUT2D eigenvalue weighted by atomic mass is 9.99. The summed E-state index contributed by atoms with van der Waals surface area (Å²) in [4.78, 5) is 10.7. The fourth-order valence-electron chi connectivity index (χ4n) is 1.60. The van der Waals surface area contributed by atoms with Crippen LogP contribution in [0, 0.1) is 12.8 Å². The molecule has 88 valence electrons. The topological polar surface area (TPSA) is 46.5 Å². The van der Waals surface area contributed by atoms with E-state index < -0.39 is 5.97 Å². The van der Waals surface area contributed by atoms with Gasteiger partial charge in [-0.2, -0.15) is 0 Å². The molecule has 0 radical (unpaired) electrons. The lowest BCUT2D eigenvalue weighted by Crippen LogP contribution is -2.10. The number of rotatable bonds is 5. The Morgan fingerprint density at radius 2 is 2.19 bits per heavy atom. The Balaban J connectivity index is 2.72. The fourth-order valence-corrected chi connectivity index (χ4v) is 1.60. The summed E-state index contributed by atoms with van der Waals surface area (Å²) in [5.74, 6) is -0.222. The summed E-state index contributed by atoms with van der Waals surface area (Å²) < 4.78 is 5.25. The van der Waals surface area contributed by atoms with Crippen molar-refractivity contribution in [3.05, 3.63) is 29.3 Å². The molecule has 0 saturated carbocycles. The lowest BCUT2D eigenvalue weighted by Gasteiger charge is -2.11. The van der Waals surface area contributed by atoms with E-state index in [4.69, 9.17) is 9.84 Å². The monoisotopic (exact) mass is 222 g/mol. The van der Waals surface area contributed by atoms with E-state index in [1.165, 1.54) is 5.56 Å². The largest absolute Gasteiger partial charge is 0.496 e. The van der Waals surface area contributed by atoms with Crippen molar-refractivity contribution in [2.75, 3.05) is 7.11 Å². The molecule has 0 saturated heterocycles. The predicted octanol–water partition coefficient (Wildman–Crippen LogP) is 2.66. The Labute approximate surface area is 96.1 Å². The van der Waals surface area contributed by atoms with Gasteiger partial charge in [0.15, 0.2) is 0 Å². The Kier molecular flexibility index (Phi) is 4.35. The maximum atomic E-state index is 10.7. The summed E-state index contributed by atoms with van der Waals surface area (Å²) in [5, 5.41) is 8.81. The highest BCUT2D eigenvalue weighted by molar-refractivity contribution is 5.69. The van der Waals surface area contributed by atoms with Crippen molar-refractivity contribution in [3.63, 3.8) is 0 Å². The van der Waals surface area contributed by atoms with Crippen molar-refractivity contribution in [3.8, 4) is 5.75 Å². The minimum Gasteiger partial charge on any atom is -0.496 e. The molecule has 3 nitrogen and oxygen atoms in total. The van der Waals surface area contributed by atoms with Crippen LogP contribution >= 0.6 is 0 Å². The van der Waals surface area contributed by atoms with E-state index in [2.05, 4.69) is 0 Å². The van der Waals surface area contributed by atoms with Crippen LogP contribution in [-0.2, 0) is 11.2 Å². The Morgan fingerprint density at radius 3 is 2.75 bits per heavy atom. The second-order valence-electron chi connectivity index (χ2n) is 4.09. The summed E-state index contributed by atoms with van der Waals surface area (Å²) >= 11 is 0. The van der Waals surface area contributed by atoms with Gasteiger partial charge in [0, 0.05) is 0 Å². The van der Waals surface area contributed by atoms with Gasteiger partial charge in [-0.3, -0.25) is 4.79 Å². The molecule has 0 aliphatic heterocycles. The molecule has 0 aromatic heterocycles. The SMILES string of the molecule is COc1ccc(C)cc1CCC(C)C(=O)O. The zero-order chi connectivity index (χ0) is 12.1. The van der Waals surface area contributed by atoms with Crippen LogP contribution in [0.1, 0.15) is 24.5 Å². The van der Waals surface area contributed by atoms with Crippen LogP contribution in [0.4, 0.5) is 0 Å². The molecule has 0 bridgehead atoms. The molecule has 1 aromatic rings. The van der Waals surface area contributed by atoms with E-state index in [-0.39, 0.29) is 5.92 Å². The van der Waals surface area contributed by atoms with E-state index in [0.717, 1.165) is 17.7 Å². The third kappa shape index (κ3) is 3.26. The summed E-state index contributed by atoms with van der Waals surface area (Å²) in [6, 6.07) is 5.96. The molecule has 16 heavy (non-hydrogen) atoms. The summed E-state index contributed by atoms with van der Waals surface area (Å²) in [7, 11) is 1.63. The van der Waals surface area contributed by atoms with Crippen molar-refractivity contribution in [1.82, 2.24) is 0 Å². The summed E-state index contributed by atoms with van der Waals surface area (Å²) in [6.07, 6.45) is 1.37. The van der Waals surface area contributed by atoms with Crippen molar-refractivity contribution < 1.29 is 14.6 Å². The zero-order valence-electron chi connectivity index (χ0n) is 9.99. The number of aliphatic carboxylic acids is 1. The molecule has 0 aliphatic rings. The molecule has 3 heteroatoms. The lowest BCUT2D eigenvalue weighted by molar-refractivity contribution is -0.141. The first kappa shape index (κ1) is 12.6. The molecule has 0 fully saturated rings. The molecule has 1 N–H and O–H groups in total. The Bertz CT molecular complexity index is 371. The second kappa shape index (κ2) is 5.54. The molecule has 0 spiro atoms. The molecule has 1 rings (SSSR count). The van der Waals surface area contributed by atoms with E-state index in [1.54, 1.807) is 14.0 Å². The number of aryl methyl sites for hydroxylation is 2. The minimum absolute atomic E-state index is 0.315. The van der Waals surface area contributed by atoms with Gasteiger partial charge >= 0.3 is 5.97 Å². The highest BCUT2D eigenvalue weighted by Gasteiger charge is 2.12. The van der Waals surface area contributed by atoms with Crippen LogP contribution in [0.5, 0.6) is 5.75 Å². The van der Waals surface area contributed by atoms with E-state index in [9.17, 15) is 4.79 Å². The number of methoxy groups -OCH3 is 1. The van der Waals surface area contributed by atoms with E-state index >= 15 is 0 Å². The number of ether oxygens (including phenoxy) is 1. The van der Waals surface area contributed by atoms with Gasteiger partial charge in [-0.25, -0.2) is 0 Å². The number of hydrogen-bond donors (Lipinski definition) is 1. The molecule has 0 amide bonds. The molecule has 1 unspecified atom stereocenters. The van der Waals surface area contributed by atoms with Crippen molar-refractivity contribution >= 4 is 5.97 Å². The van der Waals surface area contributed by atoms with Crippen LogP contribution in [0.25, 0.3) is 0 Å². The Morgan fingerprint density at radius 1 is 1.50 bits per heavy atom. The highest BCUT2D eigenvalue weighted by Crippen LogP contribution is 2.22. The first-order chi connectivity index (χ1) is 7.54. The molecule has 1 aromatic carbocycles. The zero-order valence-corrected chi connectivity index (χ0v) is 9.99. The second-order valence-corrected chi connectivity index (χ2v) is 4.09. The minimum atomic E-state index is -0.744. The average Bonchev–Trinajstić information content (AvgIpc) is 2.25. The number of carboxylic acids is 1. The van der Waals surface area contributed by atoms with E-state index in [0.29, 0.717) is 6.42 Å². The number of carbonyl (C=O) groups is 1. The maximum Gasteiger partial charge on any atom is 0.306 e. The van der Waals surface area contributed by atoms with Gasteiger partial charge in [0.25, 0.3) is 0 Å². The van der Waals surface area contributed by atoms with E-state index in [1.807, 2.05) is 25.1 Å². The average molecular weight is 222 g/mol. The molecule has 0 aliphatic carbocycles. The summed E-state index contributed by atoms with van der Waals surface area (Å²) in [6.45, 7) is 3.74. The standard InChI is InChI=1S/C13H18O3/c1-9-4-7-12(16-3)11(8-9)6-5-10(2)13(14)15/h4,7-8,10H,5-6H2,1-3H3,(H,14,15). The van der Waals surface area contributed by atoms with Crippen molar-refractivity contribution in [1.29, 1.82) is 0 Å². The first-order valence-corrected chi connectivity index (χ1v) is 5.41. The molecular weight excluding hydrogens is 204 g/mol. The molecule has 1 atom stereocenters. The van der Waals surface area contributed by atoms with Crippen LogP contribution in [0.2, 0.25) is 0 Å². The molecule has 0 heterocycles. The quantitative estimate of drug-likeness (QED) is 0.833. The van der Waals surface area contributed by atoms with Gasteiger partial charge in [0.05, 0.1) is 13.0 Å². The summed E-state index contributed by atoms with van der Waals surface area (Å²) in [5.41, 5.74) is 2.24. The number of benzene rings is 1. The van der Waals surface area contributed by atoms with Gasteiger partial charge in [-0.05, 0) is 31.4 Å². The number of carboxylic acid groups (broad SMARTS) is 1. The van der Waals surface area contributed by atoms with Gasteiger partial charge in [-0.1, -0.05) is 24.6 Å². The first-order valence-electron chi connectivity index (χ1n) is 5.41. The van der Waals surface area contributed by atoms with Gasteiger partial charge in [0.1, 0.15) is 5.75 Å². The van der Waals surface area contributed by atoms with Crippen molar-refractivity contribution in [2.45, 2.75) is 26.7 Å². The smallest absolute Gasteiger partial charge is 0.306 e. The number of hydrogen-bond acceptors (Lipinski definition) is 2. The van der Waals surface area contributed by atoms with Gasteiger partial charge in [0.2, 0.25) is 0 Å². The van der Waals surface area contributed by atoms with Crippen LogP contribution < -0.4 is 4.74 Å². The fraction of sp³-hybridized carbons (Fsp3) is 0.462. The Hall–Kier alpha value is -1.51. The van der Waals surface area contributed by atoms with Crippen LogP contribution in [-0.4, -0.2) is 18.2 Å². The van der Waals surface area contributed by atoms with Gasteiger partial charge in [-0.15, -0.1) is 0 Å². The molecular formula is C13H18O3. The third-order valence-electron chi connectivity index (χ3n) is 2.70. The van der Waals surface area contributed by atoms with Crippen LogP contribution in [0.3, 0.4) is 0 Å². The maximum absolute atomic E-state index is 10.7. The normalized spacial score (nSPS) is 12.2. The van der Waals surface area contributed by atoms with Crippen molar-refractivity contribution in [2.24, 2.45) is 5.92 Å². The van der Waals surface area contributed by atoms with Gasteiger partial charge < -0.3 is 9.84 Å². The van der Waals surface area contributed by atoms with Crippen LogP contribution in [0.15, 0.2) is 18.2 Å². The predicted molar refractivity (Wildman–Crippen MR) is 62.9 cm³/mol. The highest BCUT2D eigenvalue weighted by atomic mass is 16.5. The third-order valence-corrected chi connectivity index (χ3v) is 2.70.